The van der Waals surface area contributed by atoms with Crippen LogP contribution in [0.5, 0.6) is 11.5 Å². The SMILES string of the molecule is CC(C)C[C@H](NC(=O)[C@H](C)NC(=O)[C@H](CC(C)C)NC(=O)[C@H](CC(=O)O)NCCNc1ccc(NCCN[C@@H](CC(=O)O)C(=O)N[C@@H](CC(C)C)C(=O)N[C@@H](C)C(=O)N[C@@H](CC(C)C)C(N)=O)c2c1C(=O)c1c(O)ccc(O)c1C2=O)C(N)=O. The van der Waals surface area contributed by atoms with Gasteiger partial charge in [0.2, 0.25) is 58.8 Å². The fourth-order valence-corrected chi connectivity index (χ4v) is 9.15. The van der Waals surface area contributed by atoms with Crippen molar-refractivity contribution in [3.8, 4) is 11.5 Å². The molecule has 0 bridgehead atoms. The molecule has 28 nitrogen and oxygen atoms in total. The molecule has 1 aliphatic carbocycles. The van der Waals surface area contributed by atoms with Gasteiger partial charge in [0.25, 0.3) is 0 Å². The van der Waals surface area contributed by atoms with Crippen molar-refractivity contribution in [2.45, 2.75) is 156 Å². The van der Waals surface area contributed by atoms with E-state index in [2.05, 4.69) is 53.2 Å². The van der Waals surface area contributed by atoms with Crippen molar-refractivity contribution < 1.29 is 78.0 Å². The lowest BCUT2D eigenvalue weighted by Gasteiger charge is -2.26. The van der Waals surface area contributed by atoms with E-state index in [-0.39, 0.29) is 98.0 Å². The third kappa shape index (κ3) is 21.1. The highest BCUT2D eigenvalue weighted by atomic mass is 16.4. The number of carboxylic acid groups (broad SMARTS) is 2. The minimum atomic E-state index is -1.43. The number of benzene rings is 2. The summed E-state index contributed by atoms with van der Waals surface area (Å²) < 4.78 is 0. The van der Waals surface area contributed by atoms with Gasteiger partial charge in [0, 0.05) is 37.6 Å². The number of fused-ring (bicyclic) bond motifs is 2. The number of hydrogen-bond donors (Lipinski definition) is 16. The monoisotopic (exact) mass is 1180 g/mol. The van der Waals surface area contributed by atoms with Crippen molar-refractivity contribution in [3.63, 3.8) is 0 Å². The van der Waals surface area contributed by atoms with Crippen molar-refractivity contribution in [2.24, 2.45) is 35.1 Å². The Bertz CT molecular complexity index is 2590. The Balaban J connectivity index is 1.82. The van der Waals surface area contributed by atoms with E-state index >= 15 is 0 Å². The first-order valence-electron chi connectivity index (χ1n) is 27.8. The van der Waals surface area contributed by atoms with E-state index < -0.39 is 155 Å². The number of rotatable bonds is 36. The summed E-state index contributed by atoms with van der Waals surface area (Å²) in [4.78, 5) is 157. The molecule has 8 amide bonds. The number of phenolic OH excluding ortho intramolecular Hbond substituents is 2. The molecule has 18 N–H and O–H groups in total. The number of anilines is 2. The third-order valence-corrected chi connectivity index (χ3v) is 13.2. The van der Waals surface area contributed by atoms with E-state index in [0.29, 0.717) is 0 Å². The molecule has 0 aromatic heterocycles. The second-order valence-electron chi connectivity index (χ2n) is 22.5. The van der Waals surface area contributed by atoms with Gasteiger partial charge in [0.15, 0.2) is 0 Å². The van der Waals surface area contributed by atoms with Gasteiger partial charge < -0.3 is 85.1 Å². The second kappa shape index (κ2) is 32.4. The van der Waals surface area contributed by atoms with Crippen LogP contribution < -0.4 is 64.6 Å². The molecule has 84 heavy (non-hydrogen) atoms. The fraction of sp³-hybridized carbons (Fsp3) is 0.571. The van der Waals surface area contributed by atoms with Gasteiger partial charge in [-0.15, -0.1) is 0 Å². The summed E-state index contributed by atoms with van der Waals surface area (Å²) in [5, 5.41) is 68.1. The Morgan fingerprint density at radius 2 is 0.679 bits per heavy atom. The van der Waals surface area contributed by atoms with E-state index in [0.717, 1.165) is 12.1 Å². The van der Waals surface area contributed by atoms with Gasteiger partial charge in [-0.05, 0) is 87.5 Å². The van der Waals surface area contributed by atoms with Crippen LogP contribution in [0.2, 0.25) is 0 Å². The molecule has 0 radical (unpaired) electrons. The summed E-state index contributed by atoms with van der Waals surface area (Å²) in [5.41, 5.74) is 9.49. The number of aliphatic carboxylic acids is 2. The molecule has 8 atom stereocenters. The number of ketones is 2. The van der Waals surface area contributed by atoms with Gasteiger partial charge in [0.1, 0.15) is 47.8 Å². The van der Waals surface area contributed by atoms with Crippen molar-refractivity contribution >= 4 is 82.1 Å². The average molecular weight is 1180 g/mol. The molecule has 1 aliphatic rings. The topological polar surface area (TPSA) is 458 Å². The summed E-state index contributed by atoms with van der Waals surface area (Å²) in [6, 6.07) is -4.78. The standard InChI is InChI=1S/C56H84N12O16/c1-25(2)19-33(49(57)77)65-51(79)29(9)63-55(83)37(21-27(5)6)67-53(81)35(23-41(71)72)61-17-15-59-31-11-12-32(44-43(31)47(75)45-39(69)13-14-40(70)46(45)48(44)76)60-16-18-62-36(24-42(73)74)54(82)68-38(22-28(7)8)56(84)64-30(10)52(80)66-34(50(58)78)20-26(3)4/h11-14,25-30,33-38,59-62,69-70H,15-24H2,1-10H3,(H2,57,77)(H2,58,78)(H,63,83)(H,64,84)(H,65,79)(H,66,80)(H,67,81)(H,68,82)(H,71,72)(H,73,74)/t29-,30-,33-,34-,35-,36-,37-,38-/m0/s1. The normalized spacial score (nSPS) is 14.8. The zero-order valence-corrected chi connectivity index (χ0v) is 49.2. The summed E-state index contributed by atoms with van der Waals surface area (Å²) >= 11 is 0. The van der Waals surface area contributed by atoms with Gasteiger partial charge >= 0.3 is 11.9 Å². The lowest BCUT2D eigenvalue weighted by atomic mass is 9.81. The molecule has 0 aliphatic heterocycles. The highest BCUT2D eigenvalue weighted by Crippen LogP contribution is 2.42. The first-order chi connectivity index (χ1) is 39.2. The lowest BCUT2D eigenvalue weighted by molar-refractivity contribution is -0.140. The number of carboxylic acids is 2. The first-order valence-corrected chi connectivity index (χ1v) is 27.8. The summed E-state index contributed by atoms with van der Waals surface area (Å²) in [5.74, 6) is -12.3. The highest BCUT2D eigenvalue weighted by Gasteiger charge is 2.39. The van der Waals surface area contributed by atoms with Crippen LogP contribution >= 0.6 is 0 Å². The number of aromatic hydroxyl groups is 2. The van der Waals surface area contributed by atoms with Crippen molar-refractivity contribution in [1.29, 1.82) is 0 Å². The Morgan fingerprint density at radius 1 is 0.393 bits per heavy atom. The van der Waals surface area contributed by atoms with E-state index in [1.54, 1.807) is 27.7 Å². The number of carbonyl (C=O) groups is 12. The summed E-state index contributed by atoms with van der Waals surface area (Å²) in [7, 11) is 0. The summed E-state index contributed by atoms with van der Waals surface area (Å²) in [6.07, 6.45) is -0.833. The molecular formula is C56H84N12O16. The second-order valence-corrected chi connectivity index (χ2v) is 22.5. The number of nitrogens with two attached hydrogens (primary N) is 2. The van der Waals surface area contributed by atoms with E-state index in [1.165, 1.54) is 26.0 Å². The van der Waals surface area contributed by atoms with E-state index in [1.807, 2.05) is 27.7 Å². The molecule has 3 rings (SSSR count). The minimum absolute atomic E-state index is 0.00709. The molecule has 0 saturated carbocycles. The predicted molar refractivity (Wildman–Crippen MR) is 307 cm³/mol. The minimum Gasteiger partial charge on any atom is -0.507 e. The Kier molecular flexibility index (Phi) is 27.0. The maximum Gasteiger partial charge on any atom is 0.305 e. The number of carbonyl (C=O) groups excluding carboxylic acids is 10. The van der Waals surface area contributed by atoms with Gasteiger partial charge in [0.05, 0.1) is 47.2 Å². The van der Waals surface area contributed by atoms with Gasteiger partial charge in [-0.1, -0.05) is 55.4 Å². The van der Waals surface area contributed by atoms with Gasteiger partial charge in [-0.3, -0.25) is 57.5 Å². The van der Waals surface area contributed by atoms with Crippen LogP contribution in [0.15, 0.2) is 24.3 Å². The average Bonchev–Trinajstić information content (AvgIpc) is 0.975. The molecule has 2 aromatic rings. The van der Waals surface area contributed by atoms with Crippen LogP contribution in [0, 0.1) is 23.7 Å². The maximum absolute atomic E-state index is 14.3. The van der Waals surface area contributed by atoms with Crippen LogP contribution in [0.1, 0.15) is 140 Å². The third-order valence-electron chi connectivity index (χ3n) is 13.2. The van der Waals surface area contributed by atoms with Crippen molar-refractivity contribution in [2.75, 3.05) is 36.8 Å². The van der Waals surface area contributed by atoms with Crippen LogP contribution in [0.3, 0.4) is 0 Å². The largest absolute Gasteiger partial charge is 0.507 e. The molecular weight excluding hydrogens is 1100 g/mol. The summed E-state index contributed by atoms with van der Waals surface area (Å²) in [6.45, 7) is 16.6. The van der Waals surface area contributed by atoms with Gasteiger partial charge in [-0.25, -0.2) is 0 Å². The van der Waals surface area contributed by atoms with Crippen LogP contribution in [0.4, 0.5) is 11.4 Å². The Labute approximate surface area is 487 Å². The number of hydrogen-bond acceptors (Lipinski definition) is 18. The molecule has 0 heterocycles. The smallest absolute Gasteiger partial charge is 0.305 e. The number of phenols is 2. The van der Waals surface area contributed by atoms with E-state index in [4.69, 9.17) is 11.5 Å². The van der Waals surface area contributed by atoms with Crippen molar-refractivity contribution in [1.82, 2.24) is 42.5 Å². The zero-order valence-electron chi connectivity index (χ0n) is 49.2. The van der Waals surface area contributed by atoms with Crippen LogP contribution in [-0.2, 0) is 47.9 Å². The zero-order chi connectivity index (χ0) is 63.4. The molecule has 0 unspecified atom stereocenters. The van der Waals surface area contributed by atoms with Crippen molar-refractivity contribution in [3.05, 3.63) is 46.5 Å². The lowest BCUT2D eigenvalue weighted by Crippen LogP contribution is -2.57. The molecule has 0 saturated heterocycles. The number of amides is 8. The molecule has 464 valence electrons. The van der Waals surface area contributed by atoms with Gasteiger partial charge in [-0.2, -0.15) is 0 Å². The first kappa shape index (κ1) is 69.9. The van der Waals surface area contributed by atoms with Crippen LogP contribution in [-0.4, -0.2) is 166 Å². The fourth-order valence-electron chi connectivity index (χ4n) is 9.15. The Morgan fingerprint density at radius 3 is 0.964 bits per heavy atom. The molecule has 2 aromatic carbocycles. The molecule has 0 fully saturated rings. The molecule has 0 spiro atoms. The molecule has 28 heteroatoms. The quantitative estimate of drug-likeness (QED) is 0.0262. The van der Waals surface area contributed by atoms with Crippen LogP contribution in [0.25, 0.3) is 0 Å². The Hall–Kier alpha value is -8.40. The highest BCUT2D eigenvalue weighted by molar-refractivity contribution is 6.33. The number of primary amides is 2. The predicted octanol–water partition coefficient (Wildman–Crippen LogP) is -0.334. The number of nitrogens with one attached hydrogen (secondary N) is 10. The van der Waals surface area contributed by atoms with E-state index in [9.17, 15) is 78.0 Å². The maximum atomic E-state index is 14.3.